The van der Waals surface area contributed by atoms with Crippen molar-refractivity contribution in [3.63, 3.8) is 0 Å². The van der Waals surface area contributed by atoms with Gasteiger partial charge in [0.1, 0.15) is 0 Å². The average Bonchev–Trinajstić information content (AvgIpc) is 2.86. The van der Waals surface area contributed by atoms with Crippen molar-refractivity contribution in [2.45, 2.75) is 58.3 Å². The number of fused-ring (bicyclic) bond motifs is 1. The van der Waals surface area contributed by atoms with Crippen LogP contribution in [-0.2, 0) is 7.05 Å². The third kappa shape index (κ3) is 4.84. The molecule has 0 amide bonds. The molecule has 136 valence electrons. The van der Waals surface area contributed by atoms with E-state index in [1.54, 1.807) is 11.6 Å². The molecule has 0 aliphatic carbocycles. The molecule has 2 aromatic rings. The van der Waals surface area contributed by atoms with Crippen molar-refractivity contribution < 1.29 is 19.4 Å². The molecule has 1 N–H and O–H groups in total. The van der Waals surface area contributed by atoms with Crippen LogP contribution < -0.4 is 4.74 Å². The van der Waals surface area contributed by atoms with E-state index in [-0.39, 0.29) is 11.7 Å². The zero-order valence-corrected chi connectivity index (χ0v) is 15.1. The quantitative estimate of drug-likeness (QED) is 0.348. The minimum Gasteiger partial charge on any atom is -0.449 e. The Morgan fingerprint density at radius 1 is 1.04 bits per heavy atom. The van der Waals surface area contributed by atoms with Crippen LogP contribution in [0.1, 0.15) is 68.6 Å². The Morgan fingerprint density at radius 2 is 1.68 bits per heavy atom. The van der Waals surface area contributed by atoms with E-state index in [4.69, 9.17) is 9.84 Å². The van der Waals surface area contributed by atoms with Crippen molar-refractivity contribution in [1.29, 1.82) is 0 Å². The summed E-state index contributed by atoms with van der Waals surface area (Å²) in [6, 6.07) is 7.39. The smallest absolute Gasteiger partial charge is 0.449 e. The molecule has 1 heterocycles. The predicted molar refractivity (Wildman–Crippen MR) is 98.5 cm³/mol. The molecule has 5 heteroatoms. The molecule has 0 aliphatic heterocycles. The molecule has 0 aliphatic rings. The Bertz CT molecular complexity index is 733. The molecular formula is C20H27NO4. The van der Waals surface area contributed by atoms with Crippen LogP contribution >= 0.6 is 0 Å². The zero-order chi connectivity index (χ0) is 18.2. The molecule has 0 fully saturated rings. The average molecular weight is 345 g/mol. The summed E-state index contributed by atoms with van der Waals surface area (Å²) in [4.78, 5) is 23.7. The van der Waals surface area contributed by atoms with Crippen LogP contribution in [0.5, 0.6) is 5.88 Å². The van der Waals surface area contributed by atoms with Gasteiger partial charge in [0.2, 0.25) is 5.88 Å². The summed E-state index contributed by atoms with van der Waals surface area (Å²) in [5.74, 6) is 0.0586. The topological polar surface area (TPSA) is 68.5 Å². The second kappa shape index (κ2) is 9.25. The molecule has 0 saturated carbocycles. The molecule has 1 aromatic heterocycles. The Labute approximate surface area is 148 Å². The lowest BCUT2D eigenvalue weighted by Crippen LogP contribution is -2.10. The summed E-state index contributed by atoms with van der Waals surface area (Å²) < 4.78 is 6.54. The van der Waals surface area contributed by atoms with E-state index in [9.17, 15) is 9.59 Å². The molecule has 5 nitrogen and oxygen atoms in total. The summed E-state index contributed by atoms with van der Waals surface area (Å²) in [6.07, 6.45) is 6.95. The second-order valence-electron chi connectivity index (χ2n) is 6.42. The lowest BCUT2D eigenvalue weighted by atomic mass is 10.0. The van der Waals surface area contributed by atoms with E-state index in [0.29, 0.717) is 12.0 Å². The van der Waals surface area contributed by atoms with E-state index >= 15 is 0 Å². The predicted octanol–water partition coefficient (Wildman–Crippen LogP) is 5.56. The molecule has 0 radical (unpaired) electrons. The number of benzene rings is 1. The highest BCUT2D eigenvalue weighted by Gasteiger charge is 2.23. The molecule has 25 heavy (non-hydrogen) atoms. The van der Waals surface area contributed by atoms with Gasteiger partial charge < -0.3 is 14.4 Å². The fraction of sp³-hybridized carbons (Fsp3) is 0.500. The van der Waals surface area contributed by atoms with Crippen molar-refractivity contribution >= 4 is 22.8 Å². The maximum Gasteiger partial charge on any atom is 0.512 e. The van der Waals surface area contributed by atoms with Gasteiger partial charge in [-0.15, -0.1) is 0 Å². The summed E-state index contributed by atoms with van der Waals surface area (Å²) in [5, 5.41) is 9.74. The first-order chi connectivity index (χ1) is 12.1. The number of unbranched alkanes of at least 4 members (excludes halogenated alkanes) is 6. The van der Waals surface area contributed by atoms with E-state index in [1.807, 2.05) is 24.3 Å². The number of Topliss-reactive ketones (excluding diaryl/α,β-unsaturated/α-hetero) is 1. The van der Waals surface area contributed by atoms with Crippen LogP contribution in [0.3, 0.4) is 0 Å². The van der Waals surface area contributed by atoms with E-state index in [2.05, 4.69) is 6.92 Å². The van der Waals surface area contributed by atoms with Crippen molar-refractivity contribution in [2.24, 2.45) is 7.05 Å². The number of hydrogen-bond acceptors (Lipinski definition) is 3. The van der Waals surface area contributed by atoms with Gasteiger partial charge >= 0.3 is 6.16 Å². The number of carbonyl (C=O) groups excluding carboxylic acids is 1. The number of ether oxygens (including phenoxy) is 1. The van der Waals surface area contributed by atoms with Crippen LogP contribution in [0.4, 0.5) is 4.79 Å². The Balaban J connectivity index is 2.07. The van der Waals surface area contributed by atoms with Crippen LogP contribution in [0.2, 0.25) is 0 Å². The first kappa shape index (κ1) is 19.0. The standard InChI is InChI=1S/C20H27NO4/c1-3-4-5-6-7-8-9-14-17(22)18-15-12-10-11-13-16(15)21(2)19(18)25-20(23)24/h10-13H,3-9,14H2,1-2H3,(H,23,24). The third-order valence-electron chi connectivity index (χ3n) is 4.52. The van der Waals surface area contributed by atoms with Gasteiger partial charge in [-0.1, -0.05) is 63.6 Å². The van der Waals surface area contributed by atoms with Gasteiger partial charge in [-0.05, 0) is 12.5 Å². The van der Waals surface area contributed by atoms with Crippen LogP contribution in [-0.4, -0.2) is 21.6 Å². The number of carbonyl (C=O) groups is 2. The SMILES string of the molecule is CCCCCCCCCC(=O)c1c(OC(=O)O)n(C)c2ccccc12. The van der Waals surface area contributed by atoms with Gasteiger partial charge in [0, 0.05) is 18.9 Å². The molecule has 0 unspecified atom stereocenters. The van der Waals surface area contributed by atoms with Crippen molar-refractivity contribution in [3.8, 4) is 5.88 Å². The summed E-state index contributed by atoms with van der Waals surface area (Å²) >= 11 is 0. The fourth-order valence-electron chi connectivity index (χ4n) is 3.21. The van der Waals surface area contributed by atoms with Gasteiger partial charge in [0.25, 0.3) is 0 Å². The summed E-state index contributed by atoms with van der Waals surface area (Å²) in [5.41, 5.74) is 1.17. The normalized spacial score (nSPS) is 11.0. The molecule has 2 rings (SSSR count). The third-order valence-corrected chi connectivity index (χ3v) is 4.52. The number of hydrogen-bond donors (Lipinski definition) is 1. The molecule has 0 bridgehead atoms. The maximum absolute atomic E-state index is 12.7. The van der Waals surface area contributed by atoms with Gasteiger partial charge in [-0.3, -0.25) is 4.79 Å². The zero-order valence-electron chi connectivity index (χ0n) is 15.1. The van der Waals surface area contributed by atoms with Crippen molar-refractivity contribution in [3.05, 3.63) is 29.8 Å². The minimum absolute atomic E-state index is 0.0541. The van der Waals surface area contributed by atoms with Gasteiger partial charge in [-0.2, -0.15) is 0 Å². The molecule has 0 saturated heterocycles. The monoisotopic (exact) mass is 345 g/mol. The maximum atomic E-state index is 12.7. The van der Waals surface area contributed by atoms with Gasteiger partial charge in [0.05, 0.1) is 11.1 Å². The van der Waals surface area contributed by atoms with Crippen molar-refractivity contribution in [2.75, 3.05) is 0 Å². The Hall–Kier alpha value is -2.30. The molecule has 0 atom stereocenters. The summed E-state index contributed by atoms with van der Waals surface area (Å²) in [6.45, 7) is 2.19. The first-order valence-electron chi connectivity index (χ1n) is 9.07. The number of rotatable bonds is 10. The number of aromatic nitrogens is 1. The fourth-order valence-corrected chi connectivity index (χ4v) is 3.21. The first-order valence-corrected chi connectivity index (χ1v) is 9.07. The van der Waals surface area contributed by atoms with Crippen LogP contribution in [0.25, 0.3) is 10.9 Å². The molecule has 0 spiro atoms. The number of ketones is 1. The van der Waals surface area contributed by atoms with Crippen LogP contribution in [0.15, 0.2) is 24.3 Å². The Morgan fingerprint density at radius 3 is 2.36 bits per heavy atom. The number of carboxylic acid groups (broad SMARTS) is 1. The largest absolute Gasteiger partial charge is 0.512 e. The number of para-hydroxylation sites is 1. The highest BCUT2D eigenvalue weighted by Crippen LogP contribution is 2.32. The minimum atomic E-state index is -1.41. The highest BCUT2D eigenvalue weighted by molar-refractivity contribution is 6.11. The van der Waals surface area contributed by atoms with Crippen LogP contribution in [0, 0.1) is 0 Å². The summed E-state index contributed by atoms with van der Waals surface area (Å²) in [7, 11) is 1.71. The van der Waals surface area contributed by atoms with E-state index in [0.717, 1.165) is 30.2 Å². The highest BCUT2D eigenvalue weighted by atomic mass is 16.7. The van der Waals surface area contributed by atoms with Crippen molar-refractivity contribution in [1.82, 2.24) is 4.57 Å². The number of nitrogens with zero attached hydrogens (tertiary/aromatic N) is 1. The lowest BCUT2D eigenvalue weighted by Gasteiger charge is -2.06. The number of aryl methyl sites for hydroxylation is 1. The van der Waals surface area contributed by atoms with E-state index < -0.39 is 6.16 Å². The second-order valence-corrected chi connectivity index (χ2v) is 6.42. The van der Waals surface area contributed by atoms with E-state index in [1.165, 1.54) is 25.7 Å². The van der Waals surface area contributed by atoms with Gasteiger partial charge in [0.15, 0.2) is 5.78 Å². The lowest BCUT2D eigenvalue weighted by molar-refractivity contribution is 0.0975. The molecular weight excluding hydrogens is 318 g/mol. The van der Waals surface area contributed by atoms with Gasteiger partial charge in [-0.25, -0.2) is 4.79 Å². The Kier molecular flexibility index (Phi) is 7.04. The molecule has 1 aromatic carbocycles.